The molecule has 2 aromatic rings. The molecule has 0 saturated carbocycles. The molecule has 1 atom stereocenters. The Bertz CT molecular complexity index is 939. The Morgan fingerprint density at radius 3 is 2.79 bits per heavy atom. The van der Waals surface area contributed by atoms with E-state index in [0.717, 1.165) is 11.3 Å². The lowest BCUT2D eigenvalue weighted by molar-refractivity contribution is 0.116. The molecule has 1 unspecified atom stereocenters. The normalized spacial score (nSPS) is 16.2. The number of anilines is 1. The summed E-state index contributed by atoms with van der Waals surface area (Å²) < 4.78 is 20.1. The van der Waals surface area contributed by atoms with Crippen molar-refractivity contribution < 1.29 is 13.9 Å². The van der Waals surface area contributed by atoms with Crippen LogP contribution >= 0.6 is 0 Å². The van der Waals surface area contributed by atoms with Gasteiger partial charge in [-0.15, -0.1) is 0 Å². The second-order valence-electron chi connectivity index (χ2n) is 7.10. The van der Waals surface area contributed by atoms with Gasteiger partial charge in [0, 0.05) is 24.4 Å². The number of pyridine rings is 1. The number of cyclic esters (lactones) is 1. The minimum absolute atomic E-state index is 0.320. The Morgan fingerprint density at radius 2 is 2.17 bits per heavy atom. The minimum atomic E-state index is -0.503. The minimum Gasteiger partial charge on any atom is -0.442 e. The van der Waals surface area contributed by atoms with Crippen LogP contribution in [0.25, 0.3) is 17.2 Å². The number of hydrogen-bond acceptors (Lipinski definition) is 5. The van der Waals surface area contributed by atoms with Gasteiger partial charge in [-0.25, -0.2) is 9.18 Å². The lowest BCUT2D eigenvalue weighted by Crippen LogP contribution is -2.29. The summed E-state index contributed by atoms with van der Waals surface area (Å²) in [5, 5.41) is 9.15. The summed E-state index contributed by atoms with van der Waals surface area (Å²) in [5.74, 6) is -0.424. The zero-order valence-electron chi connectivity index (χ0n) is 17.0. The van der Waals surface area contributed by atoms with Gasteiger partial charge in [-0.1, -0.05) is 16.9 Å². The van der Waals surface area contributed by atoms with E-state index in [9.17, 15) is 9.18 Å². The first-order valence-corrected chi connectivity index (χ1v) is 9.27. The van der Waals surface area contributed by atoms with E-state index in [2.05, 4.69) is 15.3 Å². The van der Waals surface area contributed by atoms with Gasteiger partial charge in [-0.05, 0) is 44.2 Å². The van der Waals surface area contributed by atoms with Gasteiger partial charge in [0.1, 0.15) is 11.9 Å². The number of carbonyl (C=O) groups excluding carboxylic acids is 1. The molecule has 0 aliphatic carbocycles. The van der Waals surface area contributed by atoms with Crippen molar-refractivity contribution in [2.75, 3.05) is 32.1 Å². The van der Waals surface area contributed by atoms with Crippen LogP contribution in [0.2, 0.25) is 0 Å². The third kappa shape index (κ3) is 4.96. The molecule has 0 bridgehead atoms. The van der Waals surface area contributed by atoms with Gasteiger partial charge in [0.05, 0.1) is 31.5 Å². The van der Waals surface area contributed by atoms with Crippen LogP contribution < -0.4 is 4.90 Å². The summed E-state index contributed by atoms with van der Waals surface area (Å²) in [5.41, 5.74) is 3.52. The highest BCUT2D eigenvalue weighted by Gasteiger charge is 2.33. The highest BCUT2D eigenvalue weighted by molar-refractivity contribution is 5.90. The molecule has 1 saturated heterocycles. The maximum absolute atomic E-state index is 14.8. The summed E-state index contributed by atoms with van der Waals surface area (Å²) in [6.07, 6.45) is 2.73. The second kappa shape index (κ2) is 8.81. The molecule has 1 amide bonds. The van der Waals surface area contributed by atoms with Crippen LogP contribution in [0, 0.1) is 5.82 Å². The van der Waals surface area contributed by atoms with Gasteiger partial charge in [0.15, 0.2) is 0 Å². The quantitative estimate of drug-likeness (QED) is 0.529. The SMILES string of the molecule is CN=NN(C)CC1CN(c2ccc(-c3ccc(C=C(C)C)nc3)c(F)c2)C(=O)O1. The Morgan fingerprint density at radius 1 is 1.38 bits per heavy atom. The van der Waals surface area contributed by atoms with Gasteiger partial charge >= 0.3 is 6.09 Å². The average Bonchev–Trinajstić information content (AvgIpc) is 3.02. The predicted octanol–water partition coefficient (Wildman–Crippen LogP) is 4.56. The molecule has 152 valence electrons. The van der Waals surface area contributed by atoms with Crippen molar-refractivity contribution in [1.29, 1.82) is 0 Å². The topological polar surface area (TPSA) is 70.4 Å². The van der Waals surface area contributed by atoms with Crippen molar-refractivity contribution in [3.05, 3.63) is 53.6 Å². The van der Waals surface area contributed by atoms with Crippen molar-refractivity contribution in [2.24, 2.45) is 10.3 Å². The predicted molar refractivity (Wildman–Crippen MR) is 110 cm³/mol. The van der Waals surface area contributed by atoms with E-state index in [0.29, 0.717) is 29.9 Å². The molecule has 0 spiro atoms. The van der Waals surface area contributed by atoms with E-state index in [1.54, 1.807) is 37.4 Å². The van der Waals surface area contributed by atoms with E-state index in [4.69, 9.17) is 4.74 Å². The fourth-order valence-electron chi connectivity index (χ4n) is 3.16. The molecule has 3 rings (SSSR count). The number of amides is 1. The number of aromatic nitrogens is 1. The molecule has 29 heavy (non-hydrogen) atoms. The summed E-state index contributed by atoms with van der Waals surface area (Å²) in [6.45, 7) is 4.71. The molecule has 2 heterocycles. The summed E-state index contributed by atoms with van der Waals surface area (Å²) in [7, 11) is 3.31. The summed E-state index contributed by atoms with van der Waals surface area (Å²) in [6, 6.07) is 8.39. The van der Waals surface area contributed by atoms with Crippen molar-refractivity contribution >= 4 is 17.9 Å². The fraction of sp³-hybridized carbons (Fsp3) is 0.333. The lowest BCUT2D eigenvalue weighted by atomic mass is 10.1. The molecule has 7 nitrogen and oxygen atoms in total. The lowest BCUT2D eigenvalue weighted by Gasteiger charge is -2.16. The van der Waals surface area contributed by atoms with Crippen LogP contribution in [0.15, 0.2) is 52.4 Å². The number of benzene rings is 1. The zero-order chi connectivity index (χ0) is 21.0. The number of hydrogen-bond donors (Lipinski definition) is 0. The molecule has 8 heteroatoms. The smallest absolute Gasteiger partial charge is 0.414 e. The maximum atomic E-state index is 14.8. The largest absolute Gasteiger partial charge is 0.442 e. The number of rotatable bonds is 6. The molecule has 0 radical (unpaired) electrons. The highest BCUT2D eigenvalue weighted by atomic mass is 19.1. The first-order valence-electron chi connectivity index (χ1n) is 9.27. The van der Waals surface area contributed by atoms with E-state index in [-0.39, 0.29) is 6.10 Å². The summed E-state index contributed by atoms with van der Waals surface area (Å²) in [4.78, 5) is 18.0. The first kappa shape index (κ1) is 20.4. The van der Waals surface area contributed by atoms with E-state index in [1.807, 2.05) is 32.1 Å². The van der Waals surface area contributed by atoms with Gasteiger partial charge in [0.2, 0.25) is 0 Å². The second-order valence-corrected chi connectivity index (χ2v) is 7.10. The number of nitrogens with zero attached hydrogens (tertiary/aromatic N) is 5. The molecule has 1 fully saturated rings. The van der Waals surface area contributed by atoms with Crippen molar-refractivity contribution in [2.45, 2.75) is 20.0 Å². The molecular formula is C21H24FN5O2. The van der Waals surface area contributed by atoms with Crippen LogP contribution in [-0.4, -0.2) is 49.4 Å². The van der Waals surface area contributed by atoms with Crippen LogP contribution in [0.5, 0.6) is 0 Å². The maximum Gasteiger partial charge on any atom is 0.414 e. The van der Waals surface area contributed by atoms with E-state index in [1.165, 1.54) is 11.0 Å². The molecule has 1 aromatic heterocycles. The number of halogens is 1. The van der Waals surface area contributed by atoms with Crippen molar-refractivity contribution in [3.8, 4) is 11.1 Å². The number of likely N-dealkylation sites (N-methyl/N-ethyl adjacent to an activating group) is 1. The number of carbonyl (C=O) groups is 1. The van der Waals surface area contributed by atoms with E-state index < -0.39 is 11.9 Å². The van der Waals surface area contributed by atoms with Gasteiger partial charge in [0.25, 0.3) is 0 Å². The van der Waals surface area contributed by atoms with Gasteiger partial charge in [-0.2, -0.15) is 5.11 Å². The molecule has 0 N–H and O–H groups in total. The Hall–Kier alpha value is -3.29. The van der Waals surface area contributed by atoms with E-state index >= 15 is 0 Å². The monoisotopic (exact) mass is 397 g/mol. The Kier molecular flexibility index (Phi) is 6.21. The first-order chi connectivity index (χ1) is 13.9. The Labute approximate surface area is 169 Å². The van der Waals surface area contributed by atoms with Gasteiger partial charge < -0.3 is 4.74 Å². The van der Waals surface area contributed by atoms with Crippen LogP contribution in [0.4, 0.5) is 14.9 Å². The van der Waals surface area contributed by atoms with Gasteiger partial charge in [-0.3, -0.25) is 14.9 Å². The highest BCUT2D eigenvalue weighted by Crippen LogP contribution is 2.29. The third-order valence-electron chi connectivity index (χ3n) is 4.38. The standard InChI is InChI=1S/C21H24FN5O2/c1-14(2)9-16-6-5-15(11-24-16)19-8-7-17(10-20(19)22)27-13-18(29-21(27)28)12-26(4)25-23-3/h5-11,18H,12-13H2,1-4H3. The van der Waals surface area contributed by atoms with Crippen LogP contribution in [-0.2, 0) is 4.74 Å². The molecular weight excluding hydrogens is 373 g/mol. The Balaban J connectivity index is 1.76. The fourth-order valence-corrected chi connectivity index (χ4v) is 3.16. The van der Waals surface area contributed by atoms with Crippen molar-refractivity contribution in [3.63, 3.8) is 0 Å². The summed E-state index contributed by atoms with van der Waals surface area (Å²) >= 11 is 0. The third-order valence-corrected chi connectivity index (χ3v) is 4.38. The average molecular weight is 397 g/mol. The molecule has 1 aliphatic rings. The van der Waals surface area contributed by atoms with Crippen LogP contribution in [0.3, 0.4) is 0 Å². The molecule has 1 aromatic carbocycles. The zero-order valence-corrected chi connectivity index (χ0v) is 17.0. The number of ether oxygens (including phenoxy) is 1. The van der Waals surface area contributed by atoms with Crippen LogP contribution in [0.1, 0.15) is 19.5 Å². The number of allylic oxidation sites excluding steroid dienone is 1. The van der Waals surface area contributed by atoms with Crippen molar-refractivity contribution in [1.82, 2.24) is 9.99 Å². The molecule has 1 aliphatic heterocycles.